The van der Waals surface area contributed by atoms with Crippen LogP contribution in [-0.2, 0) is 24.4 Å². The summed E-state index contributed by atoms with van der Waals surface area (Å²) in [7, 11) is 0. The topological polar surface area (TPSA) is 96.2 Å². The molecule has 0 spiro atoms. The molecule has 0 unspecified atom stereocenters. The third kappa shape index (κ3) is 3.34. The van der Waals surface area contributed by atoms with Gasteiger partial charge in [0.2, 0.25) is 5.95 Å². The van der Waals surface area contributed by atoms with Gasteiger partial charge in [-0.3, -0.25) is 14.4 Å². The minimum Gasteiger partial charge on any atom is -0.480 e. The highest BCUT2D eigenvalue weighted by Gasteiger charge is 2.19. The summed E-state index contributed by atoms with van der Waals surface area (Å²) in [6.07, 6.45) is 3.36. The number of anilines is 1. The van der Waals surface area contributed by atoms with E-state index in [4.69, 9.17) is 5.11 Å². The maximum atomic E-state index is 10.8. The van der Waals surface area contributed by atoms with Gasteiger partial charge in [-0.25, -0.2) is 9.97 Å². The molecule has 0 atom stereocenters. The molecule has 0 aliphatic carbocycles. The third-order valence-electron chi connectivity index (χ3n) is 3.28. The molecule has 0 amide bonds. The lowest BCUT2D eigenvalue weighted by atomic mass is 10.3. The second kappa shape index (κ2) is 5.88. The number of aromatic nitrogens is 4. The van der Waals surface area contributed by atoms with Gasteiger partial charge in [0.25, 0.3) is 0 Å². The number of carbonyl (C=O) groups is 1. The average molecular weight is 288 g/mol. The van der Waals surface area contributed by atoms with Gasteiger partial charge in [0.05, 0.1) is 31.0 Å². The van der Waals surface area contributed by atoms with Crippen molar-refractivity contribution >= 4 is 11.9 Å². The summed E-state index contributed by atoms with van der Waals surface area (Å²) < 4.78 is 1.93. The van der Waals surface area contributed by atoms with Gasteiger partial charge in [-0.2, -0.15) is 5.10 Å². The number of rotatable bonds is 5. The zero-order valence-electron chi connectivity index (χ0n) is 11.4. The lowest BCUT2D eigenvalue weighted by Gasteiger charge is -2.25. The van der Waals surface area contributed by atoms with E-state index >= 15 is 0 Å². The molecule has 2 aromatic heterocycles. The van der Waals surface area contributed by atoms with Gasteiger partial charge < -0.3 is 10.4 Å². The molecule has 0 radical (unpaired) electrons. The Balaban J connectivity index is 1.62. The second-order valence-electron chi connectivity index (χ2n) is 4.88. The first-order valence-electron chi connectivity index (χ1n) is 6.71. The van der Waals surface area contributed by atoms with Gasteiger partial charge in [0.15, 0.2) is 0 Å². The zero-order valence-corrected chi connectivity index (χ0v) is 11.4. The molecule has 0 fully saturated rings. The number of hydrogen-bond donors (Lipinski definition) is 2. The average Bonchev–Trinajstić information content (AvgIpc) is 2.88. The highest BCUT2D eigenvalue weighted by molar-refractivity contribution is 5.69. The molecule has 3 heterocycles. The Morgan fingerprint density at radius 2 is 2.14 bits per heavy atom. The summed E-state index contributed by atoms with van der Waals surface area (Å²) >= 11 is 0. The molecule has 2 N–H and O–H groups in total. The zero-order chi connectivity index (χ0) is 14.7. The van der Waals surface area contributed by atoms with Gasteiger partial charge in [0.1, 0.15) is 0 Å². The van der Waals surface area contributed by atoms with Crippen molar-refractivity contribution < 1.29 is 9.90 Å². The fraction of sp³-hybridized carbons (Fsp3) is 0.385. The van der Waals surface area contributed by atoms with E-state index < -0.39 is 5.97 Å². The van der Waals surface area contributed by atoms with Crippen LogP contribution in [0.25, 0.3) is 0 Å². The maximum absolute atomic E-state index is 10.8. The molecule has 8 nitrogen and oxygen atoms in total. The minimum atomic E-state index is -0.800. The van der Waals surface area contributed by atoms with Crippen LogP contribution in [0.2, 0.25) is 0 Å². The number of hydrogen-bond acceptors (Lipinski definition) is 6. The summed E-state index contributed by atoms with van der Waals surface area (Å²) in [5, 5.41) is 16.5. The number of nitrogens with zero attached hydrogens (tertiary/aromatic N) is 5. The monoisotopic (exact) mass is 288 g/mol. The van der Waals surface area contributed by atoms with Crippen LogP contribution in [0.3, 0.4) is 0 Å². The van der Waals surface area contributed by atoms with Crippen molar-refractivity contribution in [1.82, 2.24) is 24.6 Å². The number of carboxylic acid groups (broad SMARTS) is 1. The number of nitrogens with one attached hydrogen (secondary N) is 1. The molecule has 110 valence electrons. The molecule has 0 saturated carbocycles. The Morgan fingerprint density at radius 3 is 2.90 bits per heavy atom. The summed E-state index contributed by atoms with van der Waals surface area (Å²) in [6.45, 7) is 2.64. The standard InChI is InChI=1S/C13H16N6O2/c20-12(21)9-18-4-5-19-11(8-18)6-10(17-19)7-16-13-14-2-1-3-15-13/h1-3,6H,4-5,7-9H2,(H,20,21)(H,14,15,16). The Labute approximate surface area is 121 Å². The lowest BCUT2D eigenvalue weighted by molar-refractivity contribution is -0.138. The van der Waals surface area contributed by atoms with Gasteiger partial charge in [-0.15, -0.1) is 0 Å². The van der Waals surface area contributed by atoms with Gasteiger partial charge in [0, 0.05) is 25.5 Å². The van der Waals surface area contributed by atoms with Crippen molar-refractivity contribution in [2.24, 2.45) is 0 Å². The van der Waals surface area contributed by atoms with Crippen molar-refractivity contribution in [3.05, 3.63) is 35.9 Å². The highest BCUT2D eigenvalue weighted by atomic mass is 16.4. The van der Waals surface area contributed by atoms with E-state index in [2.05, 4.69) is 20.4 Å². The van der Waals surface area contributed by atoms with Crippen LogP contribution in [0, 0.1) is 0 Å². The van der Waals surface area contributed by atoms with Gasteiger partial charge in [-0.05, 0) is 12.1 Å². The molecule has 0 saturated heterocycles. The second-order valence-corrected chi connectivity index (χ2v) is 4.88. The smallest absolute Gasteiger partial charge is 0.317 e. The number of aliphatic carboxylic acids is 1. The van der Waals surface area contributed by atoms with E-state index in [0.29, 0.717) is 32.1 Å². The van der Waals surface area contributed by atoms with Crippen LogP contribution in [-0.4, -0.2) is 48.8 Å². The summed E-state index contributed by atoms with van der Waals surface area (Å²) in [4.78, 5) is 20.8. The van der Waals surface area contributed by atoms with E-state index in [9.17, 15) is 4.79 Å². The van der Waals surface area contributed by atoms with Gasteiger partial charge in [-0.1, -0.05) is 0 Å². The van der Waals surface area contributed by atoms with Crippen molar-refractivity contribution in [2.75, 3.05) is 18.4 Å². The highest BCUT2D eigenvalue weighted by Crippen LogP contribution is 2.14. The first-order valence-corrected chi connectivity index (χ1v) is 6.71. The van der Waals surface area contributed by atoms with E-state index in [1.165, 1.54) is 0 Å². The summed E-state index contributed by atoms with van der Waals surface area (Å²) in [6, 6.07) is 3.75. The first kappa shape index (κ1) is 13.5. The Kier molecular flexibility index (Phi) is 3.78. The molecule has 21 heavy (non-hydrogen) atoms. The van der Waals surface area contributed by atoms with Crippen LogP contribution in [0.5, 0.6) is 0 Å². The van der Waals surface area contributed by atoms with Crippen LogP contribution >= 0.6 is 0 Å². The molecule has 8 heteroatoms. The van der Waals surface area contributed by atoms with E-state index in [0.717, 1.165) is 11.4 Å². The Morgan fingerprint density at radius 1 is 1.33 bits per heavy atom. The molecule has 1 aliphatic rings. The molecule has 0 aromatic carbocycles. The molecular formula is C13H16N6O2. The molecule has 1 aliphatic heterocycles. The van der Waals surface area contributed by atoms with Gasteiger partial charge >= 0.3 is 5.97 Å². The molecule has 0 bridgehead atoms. The first-order chi connectivity index (χ1) is 10.2. The van der Waals surface area contributed by atoms with Crippen LogP contribution in [0.15, 0.2) is 24.5 Å². The van der Waals surface area contributed by atoms with Crippen LogP contribution in [0.4, 0.5) is 5.95 Å². The Hall–Kier alpha value is -2.48. The van der Waals surface area contributed by atoms with E-state index in [-0.39, 0.29) is 6.54 Å². The number of carboxylic acids is 1. The van der Waals surface area contributed by atoms with Crippen LogP contribution in [0.1, 0.15) is 11.4 Å². The fourth-order valence-electron chi connectivity index (χ4n) is 2.35. The number of fused-ring (bicyclic) bond motifs is 1. The predicted octanol–water partition coefficient (Wildman–Crippen LogP) is 0.185. The van der Waals surface area contributed by atoms with E-state index in [1.807, 2.05) is 15.6 Å². The fourth-order valence-corrected chi connectivity index (χ4v) is 2.35. The molecule has 3 rings (SSSR count). The van der Waals surface area contributed by atoms with Crippen molar-refractivity contribution in [1.29, 1.82) is 0 Å². The molecular weight excluding hydrogens is 272 g/mol. The SMILES string of the molecule is O=C(O)CN1CCn2nc(CNc3ncccn3)cc2C1. The Bertz CT molecular complexity index is 627. The summed E-state index contributed by atoms with van der Waals surface area (Å²) in [5.41, 5.74) is 1.93. The predicted molar refractivity (Wildman–Crippen MR) is 74.5 cm³/mol. The van der Waals surface area contributed by atoms with Crippen molar-refractivity contribution in [3.63, 3.8) is 0 Å². The van der Waals surface area contributed by atoms with Crippen molar-refractivity contribution in [2.45, 2.75) is 19.6 Å². The van der Waals surface area contributed by atoms with Crippen molar-refractivity contribution in [3.8, 4) is 0 Å². The van der Waals surface area contributed by atoms with E-state index in [1.54, 1.807) is 18.5 Å². The maximum Gasteiger partial charge on any atom is 0.317 e. The normalized spacial score (nSPS) is 14.7. The van der Waals surface area contributed by atoms with Crippen LogP contribution < -0.4 is 5.32 Å². The quantitative estimate of drug-likeness (QED) is 0.810. The summed E-state index contributed by atoms with van der Waals surface area (Å²) in [5.74, 6) is -0.234. The third-order valence-corrected chi connectivity index (χ3v) is 3.28. The largest absolute Gasteiger partial charge is 0.480 e. The minimum absolute atomic E-state index is 0.0661. The molecule has 2 aromatic rings. The lowest BCUT2D eigenvalue weighted by Crippen LogP contribution is -2.37.